The molecule has 1 atom stereocenters. The van der Waals surface area contributed by atoms with Gasteiger partial charge in [-0.2, -0.15) is 0 Å². The maximum absolute atomic E-state index is 14.3. The topological polar surface area (TPSA) is 75.3 Å². The number of fused-ring (bicyclic) bond motifs is 1. The van der Waals surface area contributed by atoms with E-state index in [2.05, 4.69) is 40.1 Å². The van der Waals surface area contributed by atoms with E-state index < -0.39 is 5.82 Å². The molecule has 154 valence electrons. The molecule has 30 heavy (non-hydrogen) atoms. The van der Waals surface area contributed by atoms with Gasteiger partial charge in [-0.05, 0) is 42.8 Å². The molecule has 0 saturated heterocycles. The highest BCUT2D eigenvalue weighted by molar-refractivity contribution is 5.95. The summed E-state index contributed by atoms with van der Waals surface area (Å²) in [7, 11) is 3.82. The van der Waals surface area contributed by atoms with Crippen LogP contribution >= 0.6 is 0 Å². The Morgan fingerprint density at radius 3 is 2.77 bits per heavy atom. The minimum atomic E-state index is -0.503. The number of hydrogen-bond donors (Lipinski definition) is 1. The van der Waals surface area contributed by atoms with Crippen LogP contribution in [0.3, 0.4) is 0 Å². The monoisotopic (exact) mass is 405 g/mol. The minimum Gasteiger partial charge on any atom is -0.382 e. The summed E-state index contributed by atoms with van der Waals surface area (Å²) in [6, 6.07) is 12.8. The van der Waals surface area contributed by atoms with Crippen molar-refractivity contribution < 1.29 is 9.18 Å². The highest BCUT2D eigenvalue weighted by Crippen LogP contribution is 2.24. The minimum absolute atomic E-state index is 0.196. The quantitative estimate of drug-likeness (QED) is 0.722. The van der Waals surface area contributed by atoms with Crippen molar-refractivity contribution in [2.45, 2.75) is 19.0 Å². The Labute approximate surface area is 175 Å². The first-order chi connectivity index (χ1) is 14.4. The Morgan fingerprint density at radius 1 is 1.23 bits per heavy atom. The predicted octanol–water partition coefficient (Wildman–Crippen LogP) is 2.99. The van der Waals surface area contributed by atoms with Crippen molar-refractivity contribution in [1.82, 2.24) is 19.8 Å². The van der Waals surface area contributed by atoms with E-state index in [0.29, 0.717) is 17.8 Å². The highest BCUT2D eigenvalue weighted by Gasteiger charge is 2.26. The predicted molar refractivity (Wildman–Crippen MR) is 114 cm³/mol. The molecule has 0 bridgehead atoms. The molecule has 0 fully saturated rings. The molecule has 1 aromatic heterocycles. The van der Waals surface area contributed by atoms with Gasteiger partial charge in [0.25, 0.3) is 5.91 Å². The summed E-state index contributed by atoms with van der Waals surface area (Å²) >= 11 is 0. The van der Waals surface area contributed by atoms with Crippen LogP contribution in [0.1, 0.15) is 21.5 Å². The molecule has 7 heteroatoms. The molecule has 0 radical (unpaired) electrons. The maximum Gasteiger partial charge on any atom is 0.253 e. The molecule has 1 aliphatic rings. The van der Waals surface area contributed by atoms with Crippen LogP contribution in [0, 0.1) is 5.82 Å². The van der Waals surface area contributed by atoms with Crippen molar-refractivity contribution >= 4 is 11.7 Å². The van der Waals surface area contributed by atoms with E-state index in [1.165, 1.54) is 35.7 Å². The maximum atomic E-state index is 14.3. The molecule has 1 amide bonds. The first-order valence-electron chi connectivity index (χ1n) is 9.81. The van der Waals surface area contributed by atoms with Crippen molar-refractivity contribution in [3.05, 3.63) is 77.4 Å². The van der Waals surface area contributed by atoms with Gasteiger partial charge in [0, 0.05) is 37.3 Å². The van der Waals surface area contributed by atoms with Gasteiger partial charge in [0.2, 0.25) is 0 Å². The van der Waals surface area contributed by atoms with Gasteiger partial charge in [-0.1, -0.05) is 24.3 Å². The largest absolute Gasteiger partial charge is 0.382 e. The lowest BCUT2D eigenvalue weighted by Crippen LogP contribution is -2.46. The molecule has 6 nitrogen and oxygen atoms in total. The summed E-state index contributed by atoms with van der Waals surface area (Å²) in [6.07, 6.45) is 3.79. The number of anilines is 1. The van der Waals surface area contributed by atoms with Crippen molar-refractivity contribution in [3.8, 4) is 11.3 Å². The molecule has 2 heterocycles. The second-order valence-electron chi connectivity index (χ2n) is 7.79. The zero-order valence-electron chi connectivity index (χ0n) is 17.0. The number of carbonyl (C=O) groups excluding carboxylic acids is 1. The van der Waals surface area contributed by atoms with E-state index in [1.807, 2.05) is 6.07 Å². The standard InChI is InChI=1S/C23H24FN5O/c1-28-13-16-6-4-3-5-15(16)10-20(28)14-29(2)23(30)18-7-17(8-19(24)9-18)21-11-26-12-22(25)27-21/h3-9,11-12,20H,10,13-14H2,1-2H3,(H2,25,27). The summed E-state index contributed by atoms with van der Waals surface area (Å²) in [5.74, 6) is -0.501. The normalized spacial score (nSPS) is 16.2. The third-order valence-corrected chi connectivity index (χ3v) is 5.54. The fourth-order valence-corrected chi connectivity index (χ4v) is 3.92. The second kappa shape index (κ2) is 8.20. The first-order valence-corrected chi connectivity index (χ1v) is 9.81. The number of rotatable bonds is 4. The molecular weight excluding hydrogens is 381 g/mol. The van der Waals surface area contributed by atoms with Gasteiger partial charge in [-0.15, -0.1) is 0 Å². The Balaban J connectivity index is 1.53. The Hall–Kier alpha value is -3.32. The molecule has 2 aromatic carbocycles. The van der Waals surface area contributed by atoms with Crippen LogP contribution in [-0.4, -0.2) is 52.4 Å². The van der Waals surface area contributed by atoms with E-state index in [-0.39, 0.29) is 23.3 Å². The molecule has 1 aliphatic heterocycles. The SMILES string of the molecule is CN(CC1Cc2ccccc2CN1C)C(=O)c1cc(F)cc(-c2cncc(N)n2)c1. The lowest BCUT2D eigenvalue weighted by molar-refractivity contribution is 0.0733. The third-order valence-electron chi connectivity index (χ3n) is 5.54. The summed E-state index contributed by atoms with van der Waals surface area (Å²) in [4.78, 5) is 25.1. The van der Waals surface area contributed by atoms with Crippen LogP contribution in [0.5, 0.6) is 0 Å². The highest BCUT2D eigenvalue weighted by atomic mass is 19.1. The van der Waals surface area contributed by atoms with Crippen LogP contribution in [0.25, 0.3) is 11.3 Å². The number of nitrogens with two attached hydrogens (primary N) is 1. The molecule has 0 saturated carbocycles. The van der Waals surface area contributed by atoms with Crippen LogP contribution < -0.4 is 5.73 Å². The fourth-order valence-electron chi connectivity index (χ4n) is 3.92. The molecule has 0 aliphatic carbocycles. The van der Waals surface area contributed by atoms with E-state index in [1.54, 1.807) is 18.0 Å². The zero-order valence-corrected chi connectivity index (χ0v) is 17.0. The van der Waals surface area contributed by atoms with E-state index >= 15 is 0 Å². The Morgan fingerprint density at radius 2 is 2.00 bits per heavy atom. The zero-order chi connectivity index (χ0) is 21.3. The van der Waals surface area contributed by atoms with Crippen molar-refractivity contribution in [1.29, 1.82) is 0 Å². The lowest BCUT2D eigenvalue weighted by Gasteiger charge is -2.36. The number of carbonyl (C=O) groups is 1. The molecule has 2 N–H and O–H groups in total. The molecule has 0 spiro atoms. The van der Waals surface area contributed by atoms with E-state index in [9.17, 15) is 9.18 Å². The van der Waals surface area contributed by atoms with Crippen LogP contribution in [0.2, 0.25) is 0 Å². The van der Waals surface area contributed by atoms with Crippen LogP contribution in [0.15, 0.2) is 54.9 Å². The summed E-state index contributed by atoms with van der Waals surface area (Å²) in [6.45, 7) is 1.40. The number of aromatic nitrogens is 2. The number of nitrogens with zero attached hydrogens (tertiary/aromatic N) is 4. The molecule has 3 aromatic rings. The lowest BCUT2D eigenvalue weighted by atomic mass is 9.94. The van der Waals surface area contributed by atoms with Crippen molar-refractivity contribution in [2.24, 2.45) is 0 Å². The summed E-state index contributed by atoms with van der Waals surface area (Å²) in [5, 5.41) is 0. The second-order valence-corrected chi connectivity index (χ2v) is 7.79. The van der Waals surface area contributed by atoms with Gasteiger partial charge in [0.05, 0.1) is 18.1 Å². The number of hydrogen-bond acceptors (Lipinski definition) is 5. The summed E-state index contributed by atoms with van der Waals surface area (Å²) < 4.78 is 14.3. The van der Waals surface area contributed by atoms with Gasteiger partial charge < -0.3 is 10.6 Å². The fraction of sp³-hybridized carbons (Fsp3) is 0.261. The molecule has 4 rings (SSSR count). The molecule has 1 unspecified atom stereocenters. The van der Waals surface area contributed by atoms with Crippen molar-refractivity contribution in [3.63, 3.8) is 0 Å². The summed E-state index contributed by atoms with van der Waals surface area (Å²) in [5.41, 5.74) is 9.49. The van der Waals surface area contributed by atoms with Gasteiger partial charge in [0.15, 0.2) is 0 Å². The number of amides is 1. The first kappa shape index (κ1) is 20.0. The van der Waals surface area contributed by atoms with Crippen LogP contribution in [0.4, 0.5) is 10.2 Å². The average Bonchev–Trinajstić information content (AvgIpc) is 2.73. The van der Waals surface area contributed by atoms with Crippen molar-refractivity contribution in [2.75, 3.05) is 26.4 Å². The number of halogens is 1. The van der Waals surface area contributed by atoms with Gasteiger partial charge in [-0.25, -0.2) is 9.37 Å². The van der Waals surface area contributed by atoms with Crippen LogP contribution in [-0.2, 0) is 13.0 Å². The molecular formula is C23H24FN5O. The number of benzene rings is 2. The Kier molecular flexibility index (Phi) is 5.46. The van der Waals surface area contributed by atoms with Gasteiger partial charge in [0.1, 0.15) is 11.6 Å². The van der Waals surface area contributed by atoms with E-state index in [0.717, 1.165) is 13.0 Å². The Bertz CT molecular complexity index is 1090. The average molecular weight is 405 g/mol. The van der Waals surface area contributed by atoms with Gasteiger partial charge in [-0.3, -0.25) is 14.7 Å². The van der Waals surface area contributed by atoms with E-state index in [4.69, 9.17) is 5.73 Å². The number of nitrogen functional groups attached to an aromatic ring is 1. The number of likely N-dealkylation sites (N-methyl/N-ethyl adjacent to an activating group) is 2. The van der Waals surface area contributed by atoms with Gasteiger partial charge >= 0.3 is 0 Å². The smallest absolute Gasteiger partial charge is 0.253 e. The third kappa shape index (κ3) is 4.16.